The van der Waals surface area contributed by atoms with E-state index in [1.165, 1.54) is 12.1 Å². The molecule has 2 N–H and O–H groups in total. The van der Waals surface area contributed by atoms with Crippen LogP contribution in [0.1, 0.15) is 5.56 Å². The fraction of sp³-hybridized carbons (Fsp3) is 0.0455. The van der Waals surface area contributed by atoms with Crippen molar-refractivity contribution in [1.82, 2.24) is 15.0 Å². The highest BCUT2D eigenvalue weighted by atomic mass is 35.5. The second-order valence-electron chi connectivity index (χ2n) is 6.08. The largest absolute Gasteiger partial charge is 0.384 e. The molecule has 0 aliphatic carbocycles. The van der Waals surface area contributed by atoms with Crippen LogP contribution in [-0.2, 0) is 0 Å². The molecule has 0 saturated heterocycles. The highest BCUT2D eigenvalue weighted by molar-refractivity contribution is 6.31. The van der Waals surface area contributed by atoms with Crippen LogP contribution in [0, 0.1) is 17.7 Å². The zero-order valence-corrected chi connectivity index (χ0v) is 15.8. The zero-order chi connectivity index (χ0) is 20.2. The summed E-state index contributed by atoms with van der Waals surface area (Å²) in [4.78, 5) is 13.4. The number of hydrogen-bond acceptors (Lipinski definition) is 5. The van der Waals surface area contributed by atoms with Crippen molar-refractivity contribution in [3.05, 3.63) is 77.3 Å². The smallest absolute Gasteiger partial charge is 0.163 e. The first-order valence-corrected chi connectivity index (χ1v) is 9.06. The number of benzene rings is 2. The van der Waals surface area contributed by atoms with Crippen molar-refractivity contribution in [2.45, 2.75) is 0 Å². The maximum absolute atomic E-state index is 13.5. The maximum Gasteiger partial charge on any atom is 0.163 e. The Bertz CT molecular complexity index is 1250. The Morgan fingerprint density at radius 1 is 1.10 bits per heavy atom. The van der Waals surface area contributed by atoms with Gasteiger partial charge >= 0.3 is 0 Å². The fourth-order valence-electron chi connectivity index (χ4n) is 2.78. The van der Waals surface area contributed by atoms with Gasteiger partial charge in [0, 0.05) is 34.6 Å². The van der Waals surface area contributed by atoms with Gasteiger partial charge in [-0.05, 0) is 48.5 Å². The van der Waals surface area contributed by atoms with Gasteiger partial charge in [0.15, 0.2) is 5.82 Å². The average Bonchev–Trinajstić information content (AvgIpc) is 2.75. The molecular formula is C22H14ClFN4O. The van der Waals surface area contributed by atoms with Crippen LogP contribution < -0.4 is 5.32 Å². The second-order valence-corrected chi connectivity index (χ2v) is 6.49. The number of aromatic nitrogens is 3. The first-order valence-electron chi connectivity index (χ1n) is 8.68. The van der Waals surface area contributed by atoms with Crippen LogP contribution in [-0.4, -0.2) is 26.7 Å². The second kappa shape index (κ2) is 8.23. The van der Waals surface area contributed by atoms with Gasteiger partial charge in [-0.25, -0.2) is 14.4 Å². The monoisotopic (exact) mass is 404 g/mol. The molecule has 7 heteroatoms. The minimum atomic E-state index is -0.498. The SMILES string of the molecule is OCC#Cc1ccc2nc(-c3cccnc3)nc(Nc3ccc(F)c(Cl)c3)c2c1. The van der Waals surface area contributed by atoms with Crippen molar-refractivity contribution in [3.8, 4) is 23.2 Å². The molecule has 0 aliphatic rings. The topological polar surface area (TPSA) is 70.9 Å². The summed E-state index contributed by atoms with van der Waals surface area (Å²) in [5.41, 5.74) is 2.76. The molecule has 0 amide bonds. The van der Waals surface area contributed by atoms with E-state index in [0.717, 1.165) is 10.9 Å². The molecule has 0 bridgehead atoms. The van der Waals surface area contributed by atoms with Gasteiger partial charge < -0.3 is 10.4 Å². The molecule has 0 unspecified atom stereocenters. The van der Waals surface area contributed by atoms with Gasteiger partial charge in [-0.15, -0.1) is 0 Å². The van der Waals surface area contributed by atoms with Crippen LogP contribution in [0.2, 0.25) is 5.02 Å². The third-order valence-electron chi connectivity index (χ3n) is 4.11. The van der Waals surface area contributed by atoms with E-state index in [0.29, 0.717) is 28.4 Å². The molecule has 4 rings (SSSR count). The molecule has 0 radical (unpaired) electrons. The van der Waals surface area contributed by atoms with Crippen molar-refractivity contribution < 1.29 is 9.50 Å². The summed E-state index contributed by atoms with van der Waals surface area (Å²) in [6.45, 7) is -0.229. The highest BCUT2D eigenvalue weighted by Crippen LogP contribution is 2.29. The van der Waals surface area contributed by atoms with Crippen molar-refractivity contribution in [2.24, 2.45) is 0 Å². The molecule has 2 heterocycles. The third-order valence-corrected chi connectivity index (χ3v) is 4.40. The fourth-order valence-corrected chi connectivity index (χ4v) is 2.96. The average molecular weight is 405 g/mol. The van der Waals surface area contributed by atoms with Gasteiger partial charge in [0.05, 0.1) is 10.5 Å². The summed E-state index contributed by atoms with van der Waals surface area (Å²) in [6.07, 6.45) is 3.36. The Morgan fingerprint density at radius 2 is 2.00 bits per heavy atom. The lowest BCUT2D eigenvalue weighted by atomic mass is 10.1. The highest BCUT2D eigenvalue weighted by Gasteiger charge is 2.11. The Hall–Kier alpha value is -3.53. The number of pyridine rings is 1. The molecule has 0 saturated carbocycles. The molecule has 0 atom stereocenters. The number of fused-ring (bicyclic) bond motifs is 1. The van der Waals surface area contributed by atoms with Crippen LogP contribution in [0.5, 0.6) is 0 Å². The molecule has 2 aromatic carbocycles. The van der Waals surface area contributed by atoms with Crippen LogP contribution in [0.25, 0.3) is 22.3 Å². The van der Waals surface area contributed by atoms with Crippen LogP contribution in [0.4, 0.5) is 15.9 Å². The van der Waals surface area contributed by atoms with Gasteiger partial charge in [-0.3, -0.25) is 4.98 Å². The summed E-state index contributed by atoms with van der Waals surface area (Å²) in [7, 11) is 0. The standard InChI is InChI=1S/C22H14ClFN4O/c23-18-12-16(6-7-19(18)24)26-22-17-11-14(3-2-10-29)5-8-20(17)27-21(28-22)15-4-1-9-25-13-15/h1,4-9,11-13,29H,10H2,(H,26,27,28). The van der Waals surface area contributed by atoms with Gasteiger partial charge in [0.2, 0.25) is 0 Å². The van der Waals surface area contributed by atoms with Crippen LogP contribution in [0.3, 0.4) is 0 Å². The van der Waals surface area contributed by atoms with E-state index in [9.17, 15) is 4.39 Å². The molecule has 0 aliphatic heterocycles. The molecule has 0 spiro atoms. The zero-order valence-electron chi connectivity index (χ0n) is 15.0. The van der Waals surface area contributed by atoms with Gasteiger partial charge in [0.1, 0.15) is 18.2 Å². The van der Waals surface area contributed by atoms with E-state index >= 15 is 0 Å². The van der Waals surface area contributed by atoms with E-state index in [1.54, 1.807) is 18.5 Å². The van der Waals surface area contributed by atoms with E-state index in [-0.39, 0.29) is 11.6 Å². The summed E-state index contributed by atoms with van der Waals surface area (Å²) < 4.78 is 13.5. The van der Waals surface area contributed by atoms with E-state index in [2.05, 4.69) is 32.1 Å². The maximum atomic E-state index is 13.5. The number of rotatable bonds is 3. The van der Waals surface area contributed by atoms with Crippen LogP contribution in [0.15, 0.2) is 60.9 Å². The molecular weight excluding hydrogens is 391 g/mol. The van der Waals surface area contributed by atoms with Gasteiger partial charge in [-0.1, -0.05) is 23.4 Å². The molecule has 4 aromatic rings. The predicted molar refractivity (Wildman–Crippen MR) is 111 cm³/mol. The Kier molecular flexibility index (Phi) is 5.34. The Balaban J connectivity index is 1.88. The van der Waals surface area contributed by atoms with Crippen molar-refractivity contribution >= 4 is 34.0 Å². The van der Waals surface area contributed by atoms with Crippen molar-refractivity contribution in [2.75, 3.05) is 11.9 Å². The number of anilines is 2. The first-order chi connectivity index (χ1) is 14.1. The van der Waals surface area contributed by atoms with E-state index in [1.807, 2.05) is 30.3 Å². The molecule has 142 valence electrons. The lowest BCUT2D eigenvalue weighted by Crippen LogP contribution is -2.00. The third kappa shape index (κ3) is 4.16. The number of halogens is 2. The number of nitrogens with one attached hydrogen (secondary N) is 1. The lowest BCUT2D eigenvalue weighted by molar-refractivity contribution is 0.350. The first kappa shape index (κ1) is 18.8. The van der Waals surface area contributed by atoms with Crippen LogP contribution >= 0.6 is 11.6 Å². The number of aliphatic hydroxyl groups is 1. The number of hydrogen-bond donors (Lipinski definition) is 2. The summed E-state index contributed by atoms with van der Waals surface area (Å²) in [5.74, 6) is 6.02. The van der Waals surface area contributed by atoms with E-state index in [4.69, 9.17) is 16.7 Å². The van der Waals surface area contributed by atoms with Crippen molar-refractivity contribution in [1.29, 1.82) is 0 Å². The molecule has 29 heavy (non-hydrogen) atoms. The summed E-state index contributed by atoms with van der Waals surface area (Å²) in [6, 6.07) is 13.5. The Labute approximate surface area is 171 Å². The summed E-state index contributed by atoms with van der Waals surface area (Å²) >= 11 is 5.91. The quantitative estimate of drug-likeness (QED) is 0.489. The predicted octanol–water partition coefficient (Wildman–Crippen LogP) is 4.57. The van der Waals surface area contributed by atoms with E-state index < -0.39 is 5.82 Å². The molecule has 5 nitrogen and oxygen atoms in total. The molecule has 2 aromatic heterocycles. The lowest BCUT2D eigenvalue weighted by Gasteiger charge is -2.12. The number of aliphatic hydroxyl groups excluding tert-OH is 1. The Morgan fingerprint density at radius 3 is 2.76 bits per heavy atom. The van der Waals surface area contributed by atoms with Gasteiger partial charge in [0.25, 0.3) is 0 Å². The minimum absolute atomic E-state index is 0.00958. The normalized spacial score (nSPS) is 10.4. The molecule has 0 fully saturated rings. The van der Waals surface area contributed by atoms with Crippen molar-refractivity contribution in [3.63, 3.8) is 0 Å². The number of nitrogens with zero attached hydrogens (tertiary/aromatic N) is 3. The summed E-state index contributed by atoms with van der Waals surface area (Å²) in [5, 5.41) is 12.9. The minimum Gasteiger partial charge on any atom is -0.384 e. The van der Waals surface area contributed by atoms with Gasteiger partial charge in [-0.2, -0.15) is 0 Å².